The van der Waals surface area contributed by atoms with E-state index >= 15 is 0 Å². The molecule has 100 valence electrons. The summed E-state index contributed by atoms with van der Waals surface area (Å²) in [7, 11) is 0. The van der Waals surface area contributed by atoms with Crippen LogP contribution in [0.15, 0.2) is 0 Å². The topological polar surface area (TPSA) is 168 Å². The lowest BCUT2D eigenvalue weighted by atomic mass is 10.0. The van der Waals surface area contributed by atoms with Gasteiger partial charge >= 0.3 is 5.97 Å². The number of hydrogen-bond acceptors (Lipinski definition) is 7. The van der Waals surface area contributed by atoms with Crippen LogP contribution >= 0.6 is 0 Å². The highest BCUT2D eigenvalue weighted by atomic mass is 16.4. The minimum atomic E-state index is -2.12. The molecule has 0 radical (unpaired) electrons. The second kappa shape index (κ2) is 7.14. The fraction of sp³-hybridized carbons (Fsp3) is 0.750. The standard InChI is InChI=1S/C8H15NO8/c10-2-3(11)5(14)6(15)7(16)8(17)9-1-4(12)13/h3,5-7,10-11,14-16H,1-2H2,(H,9,17)(H,12,13)/t3-,5-,6+,7+/m0/s1. The molecule has 0 bridgehead atoms. The van der Waals surface area contributed by atoms with Crippen LogP contribution in [0, 0.1) is 0 Å². The number of rotatable bonds is 7. The first kappa shape index (κ1) is 15.7. The Balaban J connectivity index is 4.32. The molecule has 0 aromatic heterocycles. The van der Waals surface area contributed by atoms with Gasteiger partial charge in [-0.15, -0.1) is 0 Å². The number of carboxylic acid groups (broad SMARTS) is 1. The van der Waals surface area contributed by atoms with E-state index in [4.69, 9.17) is 20.4 Å². The molecule has 0 aliphatic rings. The fourth-order valence-electron chi connectivity index (χ4n) is 0.945. The summed E-state index contributed by atoms with van der Waals surface area (Å²) in [4.78, 5) is 21.2. The average molecular weight is 253 g/mol. The highest BCUT2D eigenvalue weighted by Crippen LogP contribution is 2.05. The Morgan fingerprint density at radius 2 is 1.59 bits per heavy atom. The quantitative estimate of drug-likeness (QED) is 0.239. The highest BCUT2D eigenvalue weighted by Gasteiger charge is 2.34. The molecule has 0 aliphatic heterocycles. The lowest BCUT2D eigenvalue weighted by Crippen LogP contribution is -2.52. The first-order valence-electron chi connectivity index (χ1n) is 4.63. The van der Waals surface area contributed by atoms with E-state index in [-0.39, 0.29) is 0 Å². The molecule has 7 N–H and O–H groups in total. The van der Waals surface area contributed by atoms with E-state index in [0.717, 1.165) is 0 Å². The van der Waals surface area contributed by atoms with E-state index in [1.165, 1.54) is 0 Å². The summed E-state index contributed by atoms with van der Waals surface area (Å²) in [5.41, 5.74) is 0. The van der Waals surface area contributed by atoms with Crippen LogP contribution in [0.2, 0.25) is 0 Å². The molecule has 1 amide bonds. The number of carbonyl (C=O) groups excluding carboxylic acids is 1. The van der Waals surface area contributed by atoms with Crippen molar-refractivity contribution >= 4 is 11.9 Å². The molecule has 0 aromatic rings. The lowest BCUT2D eigenvalue weighted by Gasteiger charge is -2.24. The van der Waals surface area contributed by atoms with Crippen molar-refractivity contribution in [3.8, 4) is 0 Å². The molecule has 17 heavy (non-hydrogen) atoms. The minimum absolute atomic E-state index is 0.763. The predicted molar refractivity (Wildman–Crippen MR) is 51.8 cm³/mol. The van der Waals surface area contributed by atoms with Crippen molar-refractivity contribution in [2.75, 3.05) is 13.2 Å². The van der Waals surface area contributed by atoms with E-state index < -0.39 is 49.4 Å². The van der Waals surface area contributed by atoms with Gasteiger partial charge in [-0.05, 0) is 0 Å². The van der Waals surface area contributed by atoms with Gasteiger partial charge in [-0.1, -0.05) is 0 Å². The molecule has 0 saturated carbocycles. The number of aliphatic hydroxyl groups excluding tert-OH is 5. The monoisotopic (exact) mass is 253 g/mol. The van der Waals surface area contributed by atoms with Gasteiger partial charge in [0.25, 0.3) is 5.91 Å². The maximum Gasteiger partial charge on any atom is 0.322 e. The number of carbonyl (C=O) groups is 2. The Kier molecular flexibility index (Phi) is 6.61. The molecule has 9 heteroatoms. The Labute approximate surface area is 95.9 Å². The second-order valence-corrected chi connectivity index (χ2v) is 3.29. The Morgan fingerprint density at radius 1 is 1.06 bits per heavy atom. The largest absolute Gasteiger partial charge is 0.480 e. The summed E-state index contributed by atoms with van der Waals surface area (Å²) in [5.74, 6) is -2.57. The molecular formula is C8H15NO8. The lowest BCUT2D eigenvalue weighted by molar-refractivity contribution is -0.150. The number of aliphatic carboxylic acids is 1. The van der Waals surface area contributed by atoms with E-state index in [0.29, 0.717) is 0 Å². The van der Waals surface area contributed by atoms with Gasteiger partial charge in [-0.25, -0.2) is 0 Å². The van der Waals surface area contributed by atoms with E-state index in [9.17, 15) is 19.8 Å². The van der Waals surface area contributed by atoms with Crippen LogP contribution in [0.5, 0.6) is 0 Å². The fourth-order valence-corrected chi connectivity index (χ4v) is 0.945. The number of amides is 1. The summed E-state index contributed by atoms with van der Waals surface area (Å²) in [6.07, 6.45) is -7.84. The van der Waals surface area contributed by atoms with Gasteiger partial charge in [-0.3, -0.25) is 9.59 Å². The molecule has 0 aromatic carbocycles. The van der Waals surface area contributed by atoms with E-state index in [1.807, 2.05) is 0 Å². The molecule has 4 atom stereocenters. The van der Waals surface area contributed by atoms with E-state index in [1.54, 1.807) is 5.32 Å². The SMILES string of the molecule is O=C(O)CNC(=O)[C@H](O)[C@H](O)[C@@H](O)[C@@H](O)CO. The zero-order chi connectivity index (χ0) is 13.6. The van der Waals surface area contributed by atoms with Gasteiger partial charge in [-0.2, -0.15) is 0 Å². The van der Waals surface area contributed by atoms with E-state index in [2.05, 4.69) is 0 Å². The zero-order valence-electron chi connectivity index (χ0n) is 8.72. The Bertz CT molecular complexity index is 270. The third kappa shape index (κ3) is 5.06. The van der Waals surface area contributed by atoms with Crippen LogP contribution in [0.25, 0.3) is 0 Å². The maximum absolute atomic E-state index is 11.1. The molecule has 0 aliphatic carbocycles. The van der Waals surface area contributed by atoms with Gasteiger partial charge in [0.1, 0.15) is 24.9 Å². The van der Waals surface area contributed by atoms with Crippen molar-refractivity contribution in [1.82, 2.24) is 5.32 Å². The molecule has 0 saturated heterocycles. The van der Waals surface area contributed by atoms with Crippen LogP contribution < -0.4 is 5.32 Å². The van der Waals surface area contributed by atoms with Gasteiger partial charge in [0.15, 0.2) is 6.10 Å². The Hall–Kier alpha value is -1.26. The van der Waals surface area contributed by atoms with Gasteiger partial charge in [0, 0.05) is 0 Å². The molecule has 0 unspecified atom stereocenters. The molecular weight excluding hydrogens is 238 g/mol. The summed E-state index contributed by atoms with van der Waals surface area (Å²) in [5, 5.41) is 55.0. The van der Waals surface area contributed by atoms with Crippen LogP contribution in [-0.4, -0.2) is 80.1 Å². The number of carboxylic acids is 1. The second-order valence-electron chi connectivity index (χ2n) is 3.29. The average Bonchev–Trinajstić information content (AvgIpc) is 2.31. The van der Waals surface area contributed by atoms with Crippen LogP contribution in [0.1, 0.15) is 0 Å². The molecule has 0 fully saturated rings. The number of aliphatic hydroxyl groups is 5. The number of hydrogen-bond donors (Lipinski definition) is 7. The van der Waals surface area contributed by atoms with Gasteiger partial charge in [0.05, 0.1) is 6.61 Å². The normalized spacial score (nSPS) is 17.9. The zero-order valence-corrected chi connectivity index (χ0v) is 8.72. The maximum atomic E-state index is 11.1. The highest BCUT2D eigenvalue weighted by molar-refractivity contribution is 5.84. The molecule has 0 rings (SSSR count). The summed E-state index contributed by atoms with van der Waals surface area (Å²) in [6, 6.07) is 0. The van der Waals surface area contributed by atoms with Gasteiger partial charge < -0.3 is 36.0 Å². The molecule has 9 nitrogen and oxygen atoms in total. The minimum Gasteiger partial charge on any atom is -0.480 e. The number of nitrogens with one attached hydrogen (secondary N) is 1. The van der Waals surface area contributed by atoms with Crippen molar-refractivity contribution < 1.29 is 40.2 Å². The summed E-state index contributed by atoms with van der Waals surface area (Å²) >= 11 is 0. The summed E-state index contributed by atoms with van der Waals surface area (Å²) < 4.78 is 0. The predicted octanol–water partition coefficient (Wildman–Crippen LogP) is -4.38. The smallest absolute Gasteiger partial charge is 0.322 e. The van der Waals surface area contributed by atoms with Gasteiger partial charge in [0.2, 0.25) is 0 Å². The molecule has 0 spiro atoms. The third-order valence-corrected chi connectivity index (χ3v) is 1.94. The van der Waals surface area contributed by atoms with Crippen LogP contribution in [-0.2, 0) is 9.59 Å². The van der Waals surface area contributed by atoms with Crippen molar-refractivity contribution in [1.29, 1.82) is 0 Å². The van der Waals surface area contributed by atoms with Crippen LogP contribution in [0.3, 0.4) is 0 Å². The van der Waals surface area contributed by atoms with Crippen molar-refractivity contribution in [2.45, 2.75) is 24.4 Å². The first-order chi connectivity index (χ1) is 7.81. The molecule has 0 heterocycles. The van der Waals surface area contributed by atoms with Crippen molar-refractivity contribution in [3.05, 3.63) is 0 Å². The van der Waals surface area contributed by atoms with Crippen LogP contribution in [0.4, 0.5) is 0 Å². The van der Waals surface area contributed by atoms with Crippen molar-refractivity contribution in [3.63, 3.8) is 0 Å². The third-order valence-electron chi connectivity index (χ3n) is 1.94. The first-order valence-corrected chi connectivity index (χ1v) is 4.63. The Morgan fingerprint density at radius 3 is 2.00 bits per heavy atom. The van der Waals surface area contributed by atoms with Crippen molar-refractivity contribution in [2.24, 2.45) is 0 Å². The summed E-state index contributed by atoms with van der Waals surface area (Å²) in [6.45, 7) is -1.64.